The summed E-state index contributed by atoms with van der Waals surface area (Å²) in [5.74, 6) is -0.150. The fourth-order valence-electron chi connectivity index (χ4n) is 6.04. The van der Waals surface area contributed by atoms with E-state index in [1.165, 1.54) is 205 Å². The number of carbonyl (C=O) groups excluding carboxylic acids is 1. The first-order valence-corrected chi connectivity index (χ1v) is 19.6. The van der Waals surface area contributed by atoms with Crippen LogP contribution in [-0.4, -0.2) is 12.6 Å². The molecule has 0 N–H and O–H groups in total. The number of hydrogen-bond acceptors (Lipinski definition) is 2. The molecule has 0 heterocycles. The topological polar surface area (TPSA) is 26.3 Å². The van der Waals surface area contributed by atoms with E-state index < -0.39 is 0 Å². The van der Waals surface area contributed by atoms with Gasteiger partial charge in [0.2, 0.25) is 0 Å². The molecule has 0 rings (SSSR count). The molecule has 0 saturated carbocycles. The Morgan fingerprint density at radius 2 is 0.643 bits per heavy atom. The van der Waals surface area contributed by atoms with Crippen LogP contribution in [0.4, 0.5) is 0 Å². The van der Waals surface area contributed by atoms with Gasteiger partial charge >= 0.3 is 5.97 Å². The third kappa shape index (κ3) is 37.2. The molecule has 0 bridgehead atoms. The average Bonchev–Trinajstić information content (AvgIpc) is 3.00. The number of unbranched alkanes of at least 4 members (excludes halogenated alkanes) is 32. The van der Waals surface area contributed by atoms with E-state index in [0.29, 0.717) is 6.61 Å². The number of rotatable bonds is 36. The van der Waals surface area contributed by atoms with E-state index in [1.807, 2.05) is 6.08 Å². The smallest absolute Gasteiger partial charge is 0.330 e. The van der Waals surface area contributed by atoms with Crippen molar-refractivity contribution >= 4 is 5.97 Å². The highest BCUT2D eigenvalue weighted by Gasteiger charge is 1.99. The molecule has 0 atom stereocenters. The zero-order valence-corrected chi connectivity index (χ0v) is 29.2. The standard InChI is InChI=1S/C40H78O2/c1-3-5-7-9-11-13-15-17-19-20-21-22-23-25-27-29-31-33-35-37-39-42-40(41)38-36-34-32-30-28-26-24-18-16-14-12-10-8-6-4-2/h36,38H,3-35,37,39H2,1-2H3/b38-36-. The molecule has 2 nitrogen and oxygen atoms in total. The van der Waals surface area contributed by atoms with Crippen molar-refractivity contribution in [3.05, 3.63) is 12.2 Å². The first kappa shape index (κ1) is 41.2. The lowest BCUT2D eigenvalue weighted by Crippen LogP contribution is -2.02. The maximum atomic E-state index is 11.9. The van der Waals surface area contributed by atoms with E-state index in [4.69, 9.17) is 4.74 Å². The number of hydrogen-bond donors (Lipinski definition) is 0. The zero-order valence-electron chi connectivity index (χ0n) is 29.2. The number of carbonyl (C=O) groups is 1. The molecule has 2 heteroatoms. The molecule has 0 aromatic rings. The second-order valence-corrected chi connectivity index (χ2v) is 13.3. The van der Waals surface area contributed by atoms with E-state index in [1.54, 1.807) is 6.08 Å². The minimum Gasteiger partial charge on any atom is -0.463 e. The van der Waals surface area contributed by atoms with Gasteiger partial charge in [-0.1, -0.05) is 219 Å². The zero-order chi connectivity index (χ0) is 30.4. The lowest BCUT2D eigenvalue weighted by Gasteiger charge is -2.04. The molecular formula is C40H78O2. The Balaban J connectivity index is 3.19. The summed E-state index contributed by atoms with van der Waals surface area (Å²) in [5.41, 5.74) is 0. The highest BCUT2D eigenvalue weighted by Crippen LogP contribution is 2.15. The molecule has 0 spiro atoms. The Morgan fingerprint density at radius 1 is 0.381 bits per heavy atom. The van der Waals surface area contributed by atoms with Crippen LogP contribution in [0.25, 0.3) is 0 Å². The third-order valence-corrected chi connectivity index (χ3v) is 8.97. The summed E-state index contributed by atoms with van der Waals surface area (Å²) >= 11 is 0. The highest BCUT2D eigenvalue weighted by molar-refractivity contribution is 5.81. The fraction of sp³-hybridized carbons (Fsp3) is 0.925. The largest absolute Gasteiger partial charge is 0.463 e. The van der Waals surface area contributed by atoms with Crippen LogP contribution in [0.3, 0.4) is 0 Å². The van der Waals surface area contributed by atoms with Gasteiger partial charge in [0.15, 0.2) is 0 Å². The predicted octanol–water partition coefficient (Wildman–Crippen LogP) is 14.4. The quantitative estimate of drug-likeness (QED) is 0.0412. The summed E-state index contributed by atoms with van der Waals surface area (Å²) in [4.78, 5) is 11.9. The molecule has 42 heavy (non-hydrogen) atoms. The van der Waals surface area contributed by atoms with E-state index >= 15 is 0 Å². The molecule has 0 saturated heterocycles. The second-order valence-electron chi connectivity index (χ2n) is 13.3. The summed E-state index contributed by atoms with van der Waals surface area (Å²) in [6.07, 6.45) is 50.4. The molecule has 0 amide bonds. The van der Waals surface area contributed by atoms with Crippen molar-refractivity contribution in [1.29, 1.82) is 0 Å². The molecule has 0 radical (unpaired) electrons. The molecule has 0 aromatic heterocycles. The van der Waals surface area contributed by atoms with Crippen molar-refractivity contribution in [3.63, 3.8) is 0 Å². The van der Waals surface area contributed by atoms with Gasteiger partial charge in [0.05, 0.1) is 6.61 Å². The highest BCUT2D eigenvalue weighted by atomic mass is 16.5. The Bertz CT molecular complexity index is 526. The number of ether oxygens (including phenoxy) is 1. The Kier molecular flexibility index (Phi) is 37.5. The van der Waals surface area contributed by atoms with Crippen molar-refractivity contribution in [3.8, 4) is 0 Å². The Hall–Kier alpha value is -0.790. The third-order valence-electron chi connectivity index (χ3n) is 8.97. The Labute approximate surface area is 266 Å². The second kappa shape index (κ2) is 38.2. The van der Waals surface area contributed by atoms with E-state index in [-0.39, 0.29) is 5.97 Å². The van der Waals surface area contributed by atoms with E-state index in [9.17, 15) is 4.79 Å². The monoisotopic (exact) mass is 591 g/mol. The van der Waals surface area contributed by atoms with Crippen LogP contribution in [0, 0.1) is 0 Å². The lowest BCUT2D eigenvalue weighted by atomic mass is 10.0. The van der Waals surface area contributed by atoms with E-state index in [0.717, 1.165) is 12.8 Å². The minimum absolute atomic E-state index is 0.150. The normalized spacial score (nSPS) is 11.6. The first-order chi connectivity index (χ1) is 20.8. The molecular weight excluding hydrogens is 512 g/mol. The summed E-state index contributed by atoms with van der Waals surface area (Å²) in [6, 6.07) is 0. The van der Waals surface area contributed by atoms with Crippen LogP contribution in [-0.2, 0) is 9.53 Å². The maximum Gasteiger partial charge on any atom is 0.330 e. The van der Waals surface area contributed by atoms with Crippen LogP contribution in [0.5, 0.6) is 0 Å². The molecule has 0 aliphatic rings. The minimum atomic E-state index is -0.150. The lowest BCUT2D eigenvalue weighted by molar-refractivity contribution is -0.137. The average molecular weight is 591 g/mol. The predicted molar refractivity (Wildman–Crippen MR) is 188 cm³/mol. The first-order valence-electron chi connectivity index (χ1n) is 19.6. The maximum absolute atomic E-state index is 11.9. The van der Waals surface area contributed by atoms with Crippen LogP contribution < -0.4 is 0 Å². The number of esters is 1. The van der Waals surface area contributed by atoms with Gasteiger partial charge in [-0.05, 0) is 19.3 Å². The van der Waals surface area contributed by atoms with Gasteiger partial charge in [0.1, 0.15) is 0 Å². The van der Waals surface area contributed by atoms with Crippen LogP contribution >= 0.6 is 0 Å². The van der Waals surface area contributed by atoms with Crippen molar-refractivity contribution < 1.29 is 9.53 Å². The van der Waals surface area contributed by atoms with Crippen LogP contribution in [0.1, 0.15) is 232 Å². The van der Waals surface area contributed by atoms with Crippen molar-refractivity contribution in [1.82, 2.24) is 0 Å². The Morgan fingerprint density at radius 3 is 0.952 bits per heavy atom. The van der Waals surface area contributed by atoms with Gasteiger partial charge in [0, 0.05) is 6.08 Å². The molecule has 250 valence electrons. The van der Waals surface area contributed by atoms with Gasteiger partial charge in [-0.3, -0.25) is 0 Å². The van der Waals surface area contributed by atoms with Crippen LogP contribution in [0.2, 0.25) is 0 Å². The van der Waals surface area contributed by atoms with Gasteiger partial charge in [-0.15, -0.1) is 0 Å². The van der Waals surface area contributed by atoms with Gasteiger partial charge < -0.3 is 4.74 Å². The summed E-state index contributed by atoms with van der Waals surface area (Å²) in [7, 11) is 0. The summed E-state index contributed by atoms with van der Waals surface area (Å²) in [5, 5.41) is 0. The fourth-order valence-corrected chi connectivity index (χ4v) is 6.04. The van der Waals surface area contributed by atoms with Crippen molar-refractivity contribution in [2.24, 2.45) is 0 Å². The van der Waals surface area contributed by atoms with Crippen molar-refractivity contribution in [2.45, 2.75) is 232 Å². The molecule has 0 aliphatic heterocycles. The molecule has 0 unspecified atom stereocenters. The van der Waals surface area contributed by atoms with Gasteiger partial charge in [0.25, 0.3) is 0 Å². The SMILES string of the molecule is CCCCCCCCCCCCCCC/C=C\C(=O)OCCCCCCCCCCCCCCCCCCCCCC. The summed E-state index contributed by atoms with van der Waals surface area (Å²) in [6.45, 7) is 5.17. The van der Waals surface area contributed by atoms with Crippen molar-refractivity contribution in [2.75, 3.05) is 6.61 Å². The van der Waals surface area contributed by atoms with E-state index in [2.05, 4.69) is 13.8 Å². The molecule has 0 aliphatic carbocycles. The molecule has 0 aromatic carbocycles. The van der Waals surface area contributed by atoms with Gasteiger partial charge in [-0.2, -0.15) is 0 Å². The van der Waals surface area contributed by atoms with Gasteiger partial charge in [-0.25, -0.2) is 4.79 Å². The van der Waals surface area contributed by atoms with Crippen LogP contribution in [0.15, 0.2) is 12.2 Å². The number of allylic oxidation sites excluding steroid dienone is 1. The molecule has 0 fully saturated rings. The summed E-state index contributed by atoms with van der Waals surface area (Å²) < 4.78 is 5.37.